The first-order chi connectivity index (χ1) is 16.1. The molecule has 0 fully saturated rings. The van der Waals surface area contributed by atoms with Gasteiger partial charge in [0, 0.05) is 36.1 Å². The number of alkyl halides is 3. The summed E-state index contributed by atoms with van der Waals surface area (Å²) in [5.74, 6) is 0. The quantitative estimate of drug-likeness (QED) is 0.347. The molecule has 0 spiro atoms. The number of fused-ring (bicyclic) bond motifs is 1. The Kier molecular flexibility index (Phi) is 6.27. The van der Waals surface area contributed by atoms with Crippen molar-refractivity contribution in [2.75, 3.05) is 12.4 Å². The molecule has 4 aromatic rings. The van der Waals surface area contributed by atoms with E-state index in [0.29, 0.717) is 17.6 Å². The van der Waals surface area contributed by atoms with Gasteiger partial charge in [-0.15, -0.1) is 0 Å². The van der Waals surface area contributed by atoms with E-state index < -0.39 is 11.7 Å². The van der Waals surface area contributed by atoms with Crippen LogP contribution in [0.3, 0.4) is 0 Å². The van der Waals surface area contributed by atoms with Crippen molar-refractivity contribution in [1.29, 1.82) is 0 Å². The summed E-state index contributed by atoms with van der Waals surface area (Å²) in [7, 11) is 1.65. The van der Waals surface area contributed by atoms with Gasteiger partial charge in [-0.3, -0.25) is 4.98 Å². The molecule has 0 aliphatic carbocycles. The first kappa shape index (κ1) is 23.6. The lowest BCUT2D eigenvalue weighted by Crippen LogP contribution is -2.12. The number of ether oxygens (including phenoxy) is 1. The Morgan fingerprint density at radius 3 is 2.41 bits per heavy atom. The Hall–Kier alpha value is -3.52. The highest BCUT2D eigenvalue weighted by Crippen LogP contribution is 2.36. The average molecular weight is 467 g/mol. The van der Waals surface area contributed by atoms with E-state index in [-0.39, 0.29) is 16.8 Å². The van der Waals surface area contributed by atoms with Crippen LogP contribution >= 0.6 is 0 Å². The Balaban J connectivity index is 1.75. The van der Waals surface area contributed by atoms with Crippen LogP contribution in [-0.2, 0) is 22.9 Å². The molecular weight excluding hydrogens is 441 g/mol. The molecule has 0 aliphatic rings. The number of hydrogen-bond acceptors (Lipinski definition) is 5. The third kappa shape index (κ3) is 4.87. The largest absolute Gasteiger partial charge is 0.418 e. The number of rotatable bonds is 5. The van der Waals surface area contributed by atoms with Gasteiger partial charge in [0.2, 0.25) is 0 Å². The maximum absolute atomic E-state index is 13.5. The topological polar surface area (TPSA) is 59.9 Å². The molecule has 3 aromatic heterocycles. The van der Waals surface area contributed by atoms with Gasteiger partial charge in [0.25, 0.3) is 0 Å². The summed E-state index contributed by atoms with van der Waals surface area (Å²) in [6.45, 7) is 6.88. The molecule has 0 amide bonds. The molecule has 1 aromatic carbocycles. The minimum atomic E-state index is -4.53. The predicted octanol–water partition coefficient (Wildman–Crippen LogP) is 6.90. The van der Waals surface area contributed by atoms with Crippen molar-refractivity contribution in [2.45, 2.75) is 39.0 Å². The number of halogens is 3. The zero-order valence-corrected chi connectivity index (χ0v) is 19.4. The highest BCUT2D eigenvalue weighted by molar-refractivity contribution is 5.92. The Morgan fingerprint density at radius 1 is 0.912 bits per heavy atom. The molecule has 0 radical (unpaired) electrons. The van der Waals surface area contributed by atoms with Crippen molar-refractivity contribution in [3.8, 4) is 11.4 Å². The summed E-state index contributed by atoms with van der Waals surface area (Å²) < 4.78 is 45.8. The van der Waals surface area contributed by atoms with Crippen molar-refractivity contribution in [2.24, 2.45) is 0 Å². The first-order valence-electron chi connectivity index (χ1n) is 10.8. The molecule has 34 heavy (non-hydrogen) atoms. The van der Waals surface area contributed by atoms with Gasteiger partial charge in [-0.05, 0) is 47.4 Å². The van der Waals surface area contributed by atoms with Crippen molar-refractivity contribution < 1.29 is 17.9 Å². The van der Waals surface area contributed by atoms with Gasteiger partial charge >= 0.3 is 6.18 Å². The number of aromatic nitrogens is 3. The second-order valence-corrected chi connectivity index (χ2v) is 9.00. The lowest BCUT2D eigenvalue weighted by molar-refractivity contribution is -0.137. The van der Waals surface area contributed by atoms with Gasteiger partial charge < -0.3 is 10.1 Å². The molecule has 1 N–H and O–H groups in total. The van der Waals surface area contributed by atoms with E-state index in [1.54, 1.807) is 25.4 Å². The number of anilines is 2. The minimum absolute atomic E-state index is 0.00848. The smallest absolute Gasteiger partial charge is 0.380 e. The van der Waals surface area contributed by atoms with E-state index >= 15 is 0 Å². The van der Waals surface area contributed by atoms with Crippen LogP contribution in [0.1, 0.15) is 37.5 Å². The number of hydrogen-bond donors (Lipinski definition) is 1. The highest BCUT2D eigenvalue weighted by atomic mass is 19.4. The van der Waals surface area contributed by atoms with E-state index in [0.717, 1.165) is 23.0 Å². The summed E-state index contributed by atoms with van der Waals surface area (Å²) in [5.41, 5.74) is 3.15. The fourth-order valence-electron chi connectivity index (χ4n) is 3.71. The fourth-order valence-corrected chi connectivity index (χ4v) is 3.71. The van der Waals surface area contributed by atoms with Gasteiger partial charge in [0.1, 0.15) is 5.69 Å². The number of methoxy groups -OCH3 is 1. The van der Waals surface area contributed by atoms with E-state index in [4.69, 9.17) is 4.74 Å². The lowest BCUT2D eigenvalue weighted by Gasteiger charge is -2.22. The standard InChI is InChI=1S/C26H25F3N4O/c1-25(2,3)17-7-9-20(16(14-17)15-34-4)32-21-11-13-31-24-18(21)8-10-22(33-24)23-19(26(27,28)29)6-5-12-30-23/h5-14H,15H2,1-4H3,(H,31,32,33). The fraction of sp³-hybridized carbons (Fsp3) is 0.269. The molecule has 0 saturated heterocycles. The molecular formula is C26H25F3N4O. The SMILES string of the molecule is COCc1cc(C(C)(C)C)ccc1Nc1ccnc2nc(-c3ncccc3C(F)(F)F)ccc12. The van der Waals surface area contributed by atoms with Crippen LogP contribution in [0.4, 0.5) is 24.5 Å². The van der Waals surface area contributed by atoms with E-state index in [2.05, 4.69) is 53.2 Å². The summed E-state index contributed by atoms with van der Waals surface area (Å²) in [4.78, 5) is 12.6. The van der Waals surface area contributed by atoms with Crippen molar-refractivity contribution >= 4 is 22.4 Å². The first-order valence-corrected chi connectivity index (χ1v) is 10.8. The summed E-state index contributed by atoms with van der Waals surface area (Å²) in [6.07, 6.45) is -1.64. The normalized spacial score (nSPS) is 12.2. The monoisotopic (exact) mass is 466 g/mol. The van der Waals surface area contributed by atoms with Crippen LogP contribution in [0.25, 0.3) is 22.4 Å². The van der Waals surface area contributed by atoms with Crippen molar-refractivity contribution in [3.63, 3.8) is 0 Å². The molecule has 0 saturated carbocycles. The zero-order valence-electron chi connectivity index (χ0n) is 19.4. The molecule has 176 valence electrons. The second-order valence-electron chi connectivity index (χ2n) is 9.00. The van der Waals surface area contributed by atoms with Crippen LogP contribution in [0.2, 0.25) is 0 Å². The molecule has 0 unspecified atom stereocenters. The van der Waals surface area contributed by atoms with E-state index in [1.807, 2.05) is 6.07 Å². The van der Waals surface area contributed by atoms with Gasteiger partial charge in [-0.2, -0.15) is 13.2 Å². The number of nitrogens with zero attached hydrogens (tertiary/aromatic N) is 3. The van der Waals surface area contributed by atoms with Crippen molar-refractivity contribution in [1.82, 2.24) is 15.0 Å². The van der Waals surface area contributed by atoms with Crippen LogP contribution in [0.15, 0.2) is 60.9 Å². The Labute approximate surface area is 196 Å². The van der Waals surface area contributed by atoms with Gasteiger partial charge in [-0.25, -0.2) is 9.97 Å². The maximum atomic E-state index is 13.5. The van der Waals surface area contributed by atoms with Crippen LogP contribution < -0.4 is 5.32 Å². The molecule has 0 atom stereocenters. The average Bonchev–Trinajstić information content (AvgIpc) is 2.79. The maximum Gasteiger partial charge on any atom is 0.418 e. The molecule has 0 aliphatic heterocycles. The Morgan fingerprint density at radius 2 is 1.71 bits per heavy atom. The predicted molar refractivity (Wildman–Crippen MR) is 127 cm³/mol. The van der Waals surface area contributed by atoms with Crippen LogP contribution in [0.5, 0.6) is 0 Å². The number of pyridine rings is 3. The number of nitrogens with one attached hydrogen (secondary N) is 1. The van der Waals surface area contributed by atoms with Crippen molar-refractivity contribution in [3.05, 3.63) is 77.6 Å². The van der Waals surface area contributed by atoms with Gasteiger partial charge in [0.05, 0.1) is 23.6 Å². The van der Waals surface area contributed by atoms with Gasteiger partial charge in [-0.1, -0.05) is 32.9 Å². The Bertz CT molecular complexity index is 1330. The van der Waals surface area contributed by atoms with E-state index in [1.165, 1.54) is 23.9 Å². The second kappa shape index (κ2) is 9.02. The summed E-state index contributed by atoms with van der Waals surface area (Å²) >= 11 is 0. The van der Waals surface area contributed by atoms with Crippen LogP contribution in [-0.4, -0.2) is 22.1 Å². The zero-order chi connectivity index (χ0) is 24.5. The third-order valence-electron chi connectivity index (χ3n) is 5.50. The molecule has 5 nitrogen and oxygen atoms in total. The lowest BCUT2D eigenvalue weighted by atomic mass is 9.86. The van der Waals surface area contributed by atoms with Gasteiger partial charge in [0.15, 0.2) is 5.65 Å². The van der Waals surface area contributed by atoms with E-state index in [9.17, 15) is 13.2 Å². The molecule has 3 heterocycles. The summed E-state index contributed by atoms with van der Waals surface area (Å²) in [6, 6.07) is 13.5. The number of benzene rings is 1. The summed E-state index contributed by atoms with van der Waals surface area (Å²) in [5, 5.41) is 4.10. The molecule has 8 heteroatoms. The highest BCUT2D eigenvalue weighted by Gasteiger charge is 2.34. The minimum Gasteiger partial charge on any atom is -0.380 e. The molecule has 0 bridgehead atoms. The molecule has 4 rings (SSSR count). The van der Waals surface area contributed by atoms with Crippen LogP contribution in [0, 0.1) is 0 Å². The third-order valence-corrected chi connectivity index (χ3v) is 5.50.